The fourth-order valence-electron chi connectivity index (χ4n) is 1.49. The van der Waals surface area contributed by atoms with Gasteiger partial charge in [-0.05, 0) is 23.7 Å². The maximum absolute atomic E-state index is 12.1. The van der Waals surface area contributed by atoms with Gasteiger partial charge in [-0.1, -0.05) is 23.2 Å². The standard InChI is InChI=1S/C11H5Cl3N4O3/c12-5-1-2-6(7(3-5)18(20)21)10(19)16-9-4-8(13)15-11(14)17-9/h1-4H,(H,15,16,17,19). The highest BCUT2D eigenvalue weighted by Crippen LogP contribution is 2.24. The lowest BCUT2D eigenvalue weighted by atomic mass is 10.1. The minimum absolute atomic E-state index is 0.0225. The van der Waals surface area contributed by atoms with Crippen molar-refractivity contribution in [1.82, 2.24) is 9.97 Å². The number of halogens is 3. The lowest BCUT2D eigenvalue weighted by Gasteiger charge is -2.06. The number of amides is 1. The van der Waals surface area contributed by atoms with Crippen molar-refractivity contribution >= 4 is 52.2 Å². The number of rotatable bonds is 3. The number of nitrogens with zero attached hydrogens (tertiary/aromatic N) is 3. The van der Waals surface area contributed by atoms with Gasteiger partial charge in [-0.15, -0.1) is 0 Å². The van der Waals surface area contributed by atoms with Gasteiger partial charge >= 0.3 is 0 Å². The molecule has 21 heavy (non-hydrogen) atoms. The fraction of sp³-hybridized carbons (Fsp3) is 0. The molecule has 0 unspecified atom stereocenters. The van der Waals surface area contributed by atoms with E-state index >= 15 is 0 Å². The number of hydrogen-bond donors (Lipinski definition) is 1. The quantitative estimate of drug-likeness (QED) is 0.396. The summed E-state index contributed by atoms with van der Waals surface area (Å²) in [4.78, 5) is 29.6. The normalized spacial score (nSPS) is 10.2. The SMILES string of the molecule is O=C(Nc1cc(Cl)nc(Cl)n1)c1ccc(Cl)cc1[N+](=O)[O-]. The van der Waals surface area contributed by atoms with Crippen molar-refractivity contribution in [3.05, 3.63) is 55.4 Å². The number of carbonyl (C=O) groups excluding carboxylic acids is 1. The lowest BCUT2D eigenvalue weighted by molar-refractivity contribution is -0.385. The summed E-state index contributed by atoms with van der Waals surface area (Å²) in [6, 6.07) is 4.94. The highest BCUT2D eigenvalue weighted by atomic mass is 35.5. The summed E-state index contributed by atoms with van der Waals surface area (Å²) in [7, 11) is 0. The molecule has 0 atom stereocenters. The Bertz CT molecular complexity index is 718. The Morgan fingerprint density at radius 2 is 1.90 bits per heavy atom. The highest BCUT2D eigenvalue weighted by Gasteiger charge is 2.21. The summed E-state index contributed by atoms with van der Waals surface area (Å²) in [5.41, 5.74) is -0.596. The van der Waals surface area contributed by atoms with Gasteiger partial charge in [0.25, 0.3) is 11.6 Å². The topological polar surface area (TPSA) is 98.0 Å². The average Bonchev–Trinajstić information content (AvgIpc) is 2.36. The van der Waals surface area contributed by atoms with Crippen molar-refractivity contribution in [2.75, 3.05) is 5.32 Å². The Morgan fingerprint density at radius 3 is 2.52 bits per heavy atom. The molecule has 1 amide bonds. The van der Waals surface area contributed by atoms with Crippen LogP contribution in [0.2, 0.25) is 15.5 Å². The Balaban J connectivity index is 2.34. The fourth-order valence-corrected chi connectivity index (χ4v) is 2.06. The summed E-state index contributed by atoms with van der Waals surface area (Å²) in [5, 5.41) is 13.3. The molecule has 0 saturated heterocycles. The smallest absolute Gasteiger partial charge is 0.283 e. The molecular weight excluding hydrogens is 343 g/mol. The van der Waals surface area contributed by atoms with Gasteiger partial charge in [-0.25, -0.2) is 9.97 Å². The second-order valence-corrected chi connectivity index (χ2v) is 4.88. The highest BCUT2D eigenvalue weighted by molar-refractivity contribution is 6.32. The van der Waals surface area contributed by atoms with E-state index in [9.17, 15) is 14.9 Å². The van der Waals surface area contributed by atoms with E-state index in [0.717, 1.165) is 6.07 Å². The van der Waals surface area contributed by atoms with Crippen LogP contribution < -0.4 is 5.32 Å². The third-order valence-electron chi connectivity index (χ3n) is 2.31. The van der Waals surface area contributed by atoms with E-state index < -0.39 is 16.5 Å². The van der Waals surface area contributed by atoms with Crippen LogP contribution in [0.15, 0.2) is 24.3 Å². The number of nitro benzene ring substituents is 1. The summed E-state index contributed by atoms with van der Waals surface area (Å²) in [6.45, 7) is 0. The molecule has 0 spiro atoms. The zero-order valence-electron chi connectivity index (χ0n) is 10.0. The number of benzene rings is 1. The number of hydrogen-bond acceptors (Lipinski definition) is 5. The van der Waals surface area contributed by atoms with Crippen molar-refractivity contribution in [3.63, 3.8) is 0 Å². The first-order valence-electron chi connectivity index (χ1n) is 5.32. The largest absolute Gasteiger partial charge is 0.306 e. The number of aromatic nitrogens is 2. The lowest BCUT2D eigenvalue weighted by Crippen LogP contribution is -2.15. The molecule has 2 rings (SSSR count). The molecule has 2 aromatic rings. The molecule has 0 aliphatic heterocycles. The van der Waals surface area contributed by atoms with E-state index in [1.807, 2.05) is 0 Å². The van der Waals surface area contributed by atoms with Gasteiger partial charge < -0.3 is 5.32 Å². The van der Waals surface area contributed by atoms with Gasteiger partial charge in [0.2, 0.25) is 5.28 Å². The second kappa shape index (κ2) is 6.21. The third kappa shape index (κ3) is 3.78. The van der Waals surface area contributed by atoms with E-state index in [1.165, 1.54) is 18.2 Å². The van der Waals surface area contributed by atoms with E-state index in [-0.39, 0.29) is 26.8 Å². The average molecular weight is 348 g/mol. The molecule has 0 saturated carbocycles. The molecular formula is C11H5Cl3N4O3. The van der Waals surface area contributed by atoms with Crippen LogP contribution in [0.1, 0.15) is 10.4 Å². The van der Waals surface area contributed by atoms with Crippen LogP contribution >= 0.6 is 34.8 Å². The molecule has 10 heteroatoms. The molecule has 0 radical (unpaired) electrons. The van der Waals surface area contributed by atoms with Crippen molar-refractivity contribution in [1.29, 1.82) is 0 Å². The van der Waals surface area contributed by atoms with Crippen LogP contribution in [-0.2, 0) is 0 Å². The molecule has 1 heterocycles. The number of nitrogens with one attached hydrogen (secondary N) is 1. The van der Waals surface area contributed by atoms with Crippen LogP contribution in [0, 0.1) is 10.1 Å². The van der Waals surface area contributed by atoms with Crippen LogP contribution in [0.3, 0.4) is 0 Å². The first-order chi connectivity index (χ1) is 9.86. The molecule has 1 aromatic carbocycles. The second-order valence-electron chi connectivity index (χ2n) is 3.72. The minimum atomic E-state index is -0.746. The molecule has 1 N–H and O–H groups in total. The molecule has 0 fully saturated rings. The first-order valence-corrected chi connectivity index (χ1v) is 6.45. The summed E-state index contributed by atoms with van der Waals surface area (Å²) in [6.07, 6.45) is 0. The maximum atomic E-state index is 12.1. The van der Waals surface area contributed by atoms with Crippen molar-refractivity contribution in [2.24, 2.45) is 0 Å². The van der Waals surface area contributed by atoms with Gasteiger partial charge in [0, 0.05) is 17.2 Å². The van der Waals surface area contributed by atoms with E-state index in [0.29, 0.717) is 0 Å². The third-order valence-corrected chi connectivity index (χ3v) is 2.91. The molecule has 0 bridgehead atoms. The van der Waals surface area contributed by atoms with Crippen LogP contribution in [-0.4, -0.2) is 20.8 Å². The van der Waals surface area contributed by atoms with Crippen LogP contribution in [0.5, 0.6) is 0 Å². The number of anilines is 1. The van der Waals surface area contributed by atoms with Crippen molar-refractivity contribution in [2.45, 2.75) is 0 Å². The minimum Gasteiger partial charge on any atom is -0.306 e. The molecule has 7 nitrogen and oxygen atoms in total. The Hall–Kier alpha value is -1.96. The predicted molar refractivity (Wildman–Crippen MR) is 78.1 cm³/mol. The van der Waals surface area contributed by atoms with Gasteiger partial charge in [-0.2, -0.15) is 0 Å². The predicted octanol–water partition coefficient (Wildman–Crippen LogP) is 3.60. The zero-order chi connectivity index (χ0) is 15.6. The first kappa shape index (κ1) is 15.4. The van der Waals surface area contributed by atoms with Gasteiger partial charge in [-0.3, -0.25) is 14.9 Å². The van der Waals surface area contributed by atoms with Crippen LogP contribution in [0.25, 0.3) is 0 Å². The molecule has 1 aromatic heterocycles. The maximum Gasteiger partial charge on any atom is 0.283 e. The van der Waals surface area contributed by atoms with Crippen LogP contribution in [0.4, 0.5) is 11.5 Å². The van der Waals surface area contributed by atoms with E-state index in [4.69, 9.17) is 34.8 Å². The van der Waals surface area contributed by atoms with Gasteiger partial charge in [0.1, 0.15) is 16.5 Å². The van der Waals surface area contributed by atoms with Crippen molar-refractivity contribution < 1.29 is 9.72 Å². The Kier molecular flexibility index (Phi) is 4.56. The van der Waals surface area contributed by atoms with E-state index in [1.54, 1.807) is 0 Å². The van der Waals surface area contributed by atoms with Gasteiger partial charge in [0.15, 0.2) is 0 Å². The van der Waals surface area contributed by atoms with E-state index in [2.05, 4.69) is 15.3 Å². The summed E-state index contributed by atoms with van der Waals surface area (Å²) in [5.74, 6) is -0.724. The van der Waals surface area contributed by atoms with Crippen molar-refractivity contribution in [3.8, 4) is 0 Å². The Labute approximate surface area is 133 Å². The summed E-state index contributed by atoms with van der Waals surface area (Å²) < 4.78 is 0. The Morgan fingerprint density at radius 1 is 1.19 bits per heavy atom. The monoisotopic (exact) mass is 346 g/mol. The number of nitro groups is 1. The zero-order valence-corrected chi connectivity index (χ0v) is 12.3. The molecule has 0 aliphatic carbocycles. The summed E-state index contributed by atoms with van der Waals surface area (Å²) >= 11 is 16.9. The molecule has 0 aliphatic rings. The molecule has 108 valence electrons. The number of carbonyl (C=O) groups is 1. The van der Waals surface area contributed by atoms with Gasteiger partial charge in [0.05, 0.1) is 4.92 Å².